The summed E-state index contributed by atoms with van der Waals surface area (Å²) in [6, 6.07) is 3.24. The van der Waals surface area contributed by atoms with Crippen LogP contribution in [0.15, 0.2) is 30.9 Å². The first kappa shape index (κ1) is 43.2. The number of alkyl carbamates (subject to hydrolysis) is 1. The summed E-state index contributed by atoms with van der Waals surface area (Å²) in [6.45, 7) is 9.31. The smallest absolute Gasteiger partial charge is 0.407 e. The Morgan fingerprint density at radius 3 is 2.47 bits per heavy atom. The number of hydrogen-bond acceptors (Lipinski definition) is 11. The first-order valence-corrected chi connectivity index (χ1v) is 22.7. The fraction of sp³-hybridized carbons (Fsp3) is 0.628. The number of nitrogens with one attached hydrogen (secondary N) is 3. The molecule has 0 radical (unpaired) electrons. The molecule has 5 amide bonds. The highest BCUT2D eigenvalue weighted by atomic mass is 32.2. The molecule has 3 heterocycles. The molecule has 4 fully saturated rings. The molecule has 5 aliphatic rings. The van der Waals surface area contributed by atoms with E-state index in [0.717, 1.165) is 31.2 Å². The van der Waals surface area contributed by atoms with Crippen molar-refractivity contribution in [3.05, 3.63) is 36.4 Å². The number of methoxy groups -OCH3 is 1. The molecule has 1 aromatic heterocycles. The largest absolute Gasteiger partial charge is 0.496 e. The lowest BCUT2D eigenvalue weighted by Gasteiger charge is -2.35. The Hall–Kier alpha value is -4.93. The van der Waals surface area contributed by atoms with E-state index in [1.165, 1.54) is 22.8 Å². The number of nitrogens with zero attached hydrogens (tertiary/aromatic N) is 3. The number of benzene rings is 1. The maximum absolute atomic E-state index is 15.0. The van der Waals surface area contributed by atoms with Crippen molar-refractivity contribution >= 4 is 56.5 Å². The second kappa shape index (κ2) is 16.8. The van der Waals surface area contributed by atoms with Gasteiger partial charge in [0.25, 0.3) is 5.91 Å². The van der Waals surface area contributed by atoms with Crippen LogP contribution in [0.3, 0.4) is 0 Å². The van der Waals surface area contributed by atoms with Crippen LogP contribution >= 0.6 is 0 Å². The van der Waals surface area contributed by atoms with Crippen LogP contribution in [0.4, 0.5) is 10.6 Å². The van der Waals surface area contributed by atoms with Gasteiger partial charge in [0, 0.05) is 43.8 Å². The third-order valence-electron chi connectivity index (χ3n) is 12.9. The van der Waals surface area contributed by atoms with Crippen molar-refractivity contribution < 1.29 is 46.6 Å². The quantitative estimate of drug-likeness (QED) is 0.304. The highest BCUT2D eigenvalue weighted by Gasteiger charge is 2.62. The van der Waals surface area contributed by atoms with Gasteiger partial charge in [-0.3, -0.25) is 23.9 Å². The number of anilines is 1. The lowest BCUT2D eigenvalue weighted by atomic mass is 9.83. The summed E-state index contributed by atoms with van der Waals surface area (Å²) in [5.41, 5.74) is -0.583. The van der Waals surface area contributed by atoms with Gasteiger partial charge in [0.05, 0.1) is 31.0 Å². The fourth-order valence-electron chi connectivity index (χ4n) is 8.93. The van der Waals surface area contributed by atoms with E-state index in [0.29, 0.717) is 66.7 Å². The van der Waals surface area contributed by atoms with Crippen LogP contribution in [0.25, 0.3) is 10.9 Å². The van der Waals surface area contributed by atoms with Crippen molar-refractivity contribution in [2.45, 2.75) is 127 Å². The lowest BCUT2D eigenvalue weighted by Crippen LogP contribution is -2.59. The molecule has 3 N–H and O–H groups in total. The van der Waals surface area contributed by atoms with Gasteiger partial charge in [0.2, 0.25) is 27.7 Å². The van der Waals surface area contributed by atoms with Crippen LogP contribution in [0.2, 0.25) is 0 Å². The summed E-state index contributed by atoms with van der Waals surface area (Å²) in [4.78, 5) is 77.0. The van der Waals surface area contributed by atoms with Crippen molar-refractivity contribution in [2.24, 2.45) is 17.3 Å². The van der Waals surface area contributed by atoms with Gasteiger partial charge in [-0.25, -0.2) is 18.2 Å². The molecular weight excluding hydrogens is 793 g/mol. The number of cyclic esters (lactones) is 1. The zero-order valence-corrected chi connectivity index (χ0v) is 36.0. The van der Waals surface area contributed by atoms with E-state index in [-0.39, 0.29) is 37.8 Å². The van der Waals surface area contributed by atoms with E-state index < -0.39 is 74.1 Å². The molecule has 4 bridgehead atoms. The summed E-state index contributed by atoms with van der Waals surface area (Å²) >= 11 is 0. The number of sulfonamides is 1. The average molecular weight is 851 g/mol. The van der Waals surface area contributed by atoms with E-state index in [9.17, 15) is 32.4 Å². The topological polar surface area (TPSA) is 203 Å². The first-order valence-electron chi connectivity index (χ1n) is 21.1. The van der Waals surface area contributed by atoms with Crippen LogP contribution in [0.5, 0.6) is 11.5 Å². The van der Waals surface area contributed by atoms with Gasteiger partial charge >= 0.3 is 6.09 Å². The number of hydrogen-bond donors (Lipinski definition) is 3. The van der Waals surface area contributed by atoms with Crippen molar-refractivity contribution in [3.8, 4) is 11.5 Å². The average Bonchev–Trinajstić information content (AvgIpc) is 4.15. The molecule has 1 aromatic carbocycles. The Morgan fingerprint density at radius 2 is 1.82 bits per heavy atom. The number of carbonyl (C=O) groups excluding carboxylic acids is 5. The van der Waals surface area contributed by atoms with Crippen molar-refractivity contribution in [3.63, 3.8) is 0 Å². The minimum absolute atomic E-state index is 0.00483. The Labute approximate surface area is 351 Å². The predicted molar refractivity (Wildman–Crippen MR) is 223 cm³/mol. The molecule has 326 valence electrons. The van der Waals surface area contributed by atoms with Crippen LogP contribution in [0, 0.1) is 17.3 Å². The molecule has 2 aromatic rings. The van der Waals surface area contributed by atoms with Gasteiger partial charge in [-0.2, -0.15) is 0 Å². The van der Waals surface area contributed by atoms with Gasteiger partial charge in [-0.15, -0.1) is 6.58 Å². The number of pyridine rings is 1. The highest BCUT2D eigenvalue weighted by Crippen LogP contribution is 2.46. The number of carbonyl (C=O) groups is 5. The maximum Gasteiger partial charge on any atom is 0.407 e. The van der Waals surface area contributed by atoms with Crippen molar-refractivity contribution in [2.75, 3.05) is 32.2 Å². The summed E-state index contributed by atoms with van der Waals surface area (Å²) in [7, 11) is -0.746. The summed E-state index contributed by atoms with van der Waals surface area (Å²) in [6.07, 6.45) is 7.23. The zero-order chi connectivity index (χ0) is 43.1. The second-order valence-corrected chi connectivity index (χ2v) is 20.0. The maximum atomic E-state index is 15.0. The lowest BCUT2D eigenvalue weighted by molar-refractivity contribution is -0.142. The molecule has 2 aliphatic heterocycles. The highest BCUT2D eigenvalue weighted by molar-refractivity contribution is 7.91. The zero-order valence-electron chi connectivity index (χ0n) is 35.2. The van der Waals surface area contributed by atoms with E-state index >= 15 is 0 Å². The monoisotopic (exact) mass is 850 g/mol. The molecule has 3 saturated carbocycles. The normalized spacial score (nSPS) is 27.4. The Bertz CT molecular complexity index is 2170. The number of aryl methyl sites for hydroxylation is 1. The third kappa shape index (κ3) is 9.05. The molecule has 1 unspecified atom stereocenters. The fourth-order valence-corrected chi connectivity index (χ4v) is 10.3. The van der Waals surface area contributed by atoms with Gasteiger partial charge in [-0.1, -0.05) is 39.2 Å². The van der Waals surface area contributed by atoms with E-state index in [1.807, 2.05) is 19.9 Å². The number of aromatic nitrogens is 1. The molecule has 60 heavy (non-hydrogen) atoms. The number of ether oxygens (including phenoxy) is 3. The second-order valence-electron chi connectivity index (χ2n) is 18.0. The molecule has 17 heteroatoms. The number of fused-ring (bicyclic) bond motifs is 3. The summed E-state index contributed by atoms with van der Waals surface area (Å²) in [5.74, 6) is -1.71. The third-order valence-corrected chi connectivity index (χ3v) is 14.7. The predicted octanol–water partition coefficient (Wildman–Crippen LogP) is 4.28. The van der Waals surface area contributed by atoms with Crippen molar-refractivity contribution in [1.82, 2.24) is 25.2 Å². The molecule has 7 rings (SSSR count). The van der Waals surface area contributed by atoms with Crippen LogP contribution in [-0.2, 0) is 40.4 Å². The van der Waals surface area contributed by atoms with E-state index in [1.54, 1.807) is 26.3 Å². The minimum atomic E-state index is -3.93. The molecule has 5 atom stereocenters. The van der Waals surface area contributed by atoms with Gasteiger partial charge < -0.3 is 34.6 Å². The summed E-state index contributed by atoms with van der Waals surface area (Å²) in [5, 5.41) is 5.72. The van der Waals surface area contributed by atoms with E-state index in [2.05, 4.69) is 21.9 Å². The van der Waals surface area contributed by atoms with Crippen LogP contribution < -0.4 is 29.7 Å². The van der Waals surface area contributed by atoms with Crippen LogP contribution in [0.1, 0.15) is 97.0 Å². The van der Waals surface area contributed by atoms with E-state index in [4.69, 9.17) is 19.2 Å². The molecule has 0 spiro atoms. The first-order chi connectivity index (χ1) is 28.4. The van der Waals surface area contributed by atoms with Crippen LogP contribution in [-0.4, -0.2) is 104 Å². The molecular formula is C43H58N6O10S. The van der Waals surface area contributed by atoms with Gasteiger partial charge in [0.15, 0.2) is 0 Å². The molecule has 16 nitrogen and oxygen atoms in total. The van der Waals surface area contributed by atoms with Crippen molar-refractivity contribution in [1.29, 1.82) is 0 Å². The molecule has 3 aliphatic carbocycles. The Kier molecular flexibility index (Phi) is 12.1. The van der Waals surface area contributed by atoms with Gasteiger partial charge in [0.1, 0.15) is 41.0 Å². The minimum Gasteiger partial charge on any atom is -0.496 e. The Balaban J connectivity index is 1.29. The molecule has 1 saturated heterocycles. The number of amides is 5. The standard InChI is InChI=1S/C43H58N6O10S/c1-7-28-22-43(28,40(53)47-60(55,56)30-15-16-30)46-38(51)33-19-29-23-49(33)39(52)37(26-12-9-8-10-13-26)45-41(54)58-24-42(3,4)17-11-14-27-18-31-32(20-34(27)57-6)44-36(21-35(31)59-29)48(5)25(2)50/h7,18,20-21,26,28-30,33,37H,1,8-17,19,22-24H2,2-6H3,(H,45,54)(H,46,51)(H,47,53)/t28-,29+,33-,37-,43?/m0/s1. The van der Waals surface area contributed by atoms with Gasteiger partial charge in [-0.05, 0) is 74.3 Å². The number of rotatable bonds is 9. The SMILES string of the molecule is C=C[C@H]1CC1(NC(=O)[C@@H]1C[C@@H]2CN1C(=O)[C@H](C1CCCCC1)NC(=O)OCC(C)(C)CCCc1cc3c(cc(N(C)C(C)=O)nc3cc1OC)O2)C(=O)NS(=O)(=O)C1CC1. The Morgan fingerprint density at radius 1 is 1.08 bits per heavy atom. The summed E-state index contributed by atoms with van der Waals surface area (Å²) < 4.78 is 46.3.